The van der Waals surface area contributed by atoms with Crippen LogP contribution in [0.1, 0.15) is 27.6 Å². The SMILES string of the molecule is CC(=O)c1ccc(N2CCN(C(=O)c3ccccc3-c3nc(-c4ccccc4)no3)CC2)cc1. The molecule has 0 aliphatic carbocycles. The van der Waals surface area contributed by atoms with E-state index >= 15 is 0 Å². The Labute approximate surface area is 197 Å². The average Bonchev–Trinajstić information content (AvgIpc) is 3.39. The van der Waals surface area contributed by atoms with E-state index in [0.717, 1.165) is 11.3 Å². The molecule has 170 valence electrons. The summed E-state index contributed by atoms with van der Waals surface area (Å²) in [6.45, 7) is 4.19. The Balaban J connectivity index is 1.31. The van der Waals surface area contributed by atoms with Crippen molar-refractivity contribution in [1.82, 2.24) is 15.0 Å². The summed E-state index contributed by atoms with van der Waals surface area (Å²) < 4.78 is 5.52. The van der Waals surface area contributed by atoms with Gasteiger partial charge in [-0.25, -0.2) is 0 Å². The third kappa shape index (κ3) is 4.32. The number of hydrogen-bond acceptors (Lipinski definition) is 6. The van der Waals surface area contributed by atoms with Gasteiger partial charge in [0.05, 0.1) is 11.1 Å². The molecule has 1 fully saturated rings. The maximum absolute atomic E-state index is 13.4. The van der Waals surface area contributed by atoms with Gasteiger partial charge in [0.2, 0.25) is 5.82 Å². The van der Waals surface area contributed by atoms with Crippen LogP contribution in [0.15, 0.2) is 83.4 Å². The summed E-state index contributed by atoms with van der Waals surface area (Å²) in [4.78, 5) is 33.5. The van der Waals surface area contributed by atoms with Crippen LogP contribution in [0.4, 0.5) is 5.69 Å². The van der Waals surface area contributed by atoms with E-state index in [2.05, 4.69) is 15.0 Å². The van der Waals surface area contributed by atoms with Gasteiger partial charge in [-0.05, 0) is 43.3 Å². The molecule has 1 amide bonds. The molecule has 1 aliphatic rings. The topological polar surface area (TPSA) is 79.5 Å². The maximum Gasteiger partial charge on any atom is 0.259 e. The quantitative estimate of drug-likeness (QED) is 0.413. The second kappa shape index (κ2) is 9.31. The number of amides is 1. The van der Waals surface area contributed by atoms with Crippen LogP contribution < -0.4 is 4.90 Å². The molecule has 0 atom stereocenters. The third-order valence-corrected chi connectivity index (χ3v) is 6.05. The van der Waals surface area contributed by atoms with Gasteiger partial charge in [-0.15, -0.1) is 0 Å². The zero-order chi connectivity index (χ0) is 23.5. The number of benzene rings is 3. The predicted octanol–water partition coefficient (Wildman–Crippen LogP) is 4.57. The summed E-state index contributed by atoms with van der Waals surface area (Å²) >= 11 is 0. The molecular weight excluding hydrogens is 428 g/mol. The molecule has 0 unspecified atom stereocenters. The van der Waals surface area contributed by atoms with Crippen molar-refractivity contribution in [2.75, 3.05) is 31.1 Å². The van der Waals surface area contributed by atoms with Crippen LogP contribution in [0.3, 0.4) is 0 Å². The Morgan fingerprint density at radius 3 is 2.21 bits per heavy atom. The molecule has 7 heteroatoms. The zero-order valence-corrected chi connectivity index (χ0v) is 18.8. The Kier molecular flexibility index (Phi) is 5.91. The minimum Gasteiger partial charge on any atom is -0.368 e. The van der Waals surface area contributed by atoms with Crippen molar-refractivity contribution in [2.45, 2.75) is 6.92 Å². The normalized spacial score (nSPS) is 13.7. The van der Waals surface area contributed by atoms with Crippen molar-refractivity contribution in [1.29, 1.82) is 0 Å². The first-order valence-corrected chi connectivity index (χ1v) is 11.2. The first-order chi connectivity index (χ1) is 16.6. The lowest BCUT2D eigenvalue weighted by atomic mass is 10.1. The van der Waals surface area contributed by atoms with Crippen molar-refractivity contribution in [3.05, 3.63) is 90.0 Å². The summed E-state index contributed by atoms with van der Waals surface area (Å²) in [5, 5.41) is 4.10. The predicted molar refractivity (Wildman–Crippen MR) is 130 cm³/mol. The number of carbonyl (C=O) groups is 2. The lowest BCUT2D eigenvalue weighted by Crippen LogP contribution is -2.48. The molecule has 0 bridgehead atoms. The van der Waals surface area contributed by atoms with E-state index < -0.39 is 0 Å². The second-order valence-electron chi connectivity index (χ2n) is 8.22. The number of Topliss-reactive ketones (excluding diaryl/α,β-unsaturated/α-hetero) is 1. The summed E-state index contributed by atoms with van der Waals surface area (Å²) in [5.74, 6) is 0.814. The average molecular weight is 453 g/mol. The van der Waals surface area contributed by atoms with Crippen molar-refractivity contribution >= 4 is 17.4 Å². The van der Waals surface area contributed by atoms with Crippen LogP contribution >= 0.6 is 0 Å². The smallest absolute Gasteiger partial charge is 0.259 e. The van der Waals surface area contributed by atoms with E-state index in [-0.39, 0.29) is 11.7 Å². The molecule has 1 saturated heterocycles. The number of rotatable bonds is 5. The summed E-state index contributed by atoms with van der Waals surface area (Å²) in [6, 6.07) is 24.6. The van der Waals surface area contributed by atoms with Gasteiger partial charge in [0, 0.05) is 43.0 Å². The van der Waals surface area contributed by atoms with E-state index in [4.69, 9.17) is 4.52 Å². The number of anilines is 1. The molecule has 3 aromatic carbocycles. The van der Waals surface area contributed by atoms with Gasteiger partial charge in [0.25, 0.3) is 11.8 Å². The fourth-order valence-corrected chi connectivity index (χ4v) is 4.14. The Morgan fingerprint density at radius 1 is 0.824 bits per heavy atom. The number of piperazine rings is 1. The molecular formula is C27H24N4O3. The van der Waals surface area contributed by atoms with E-state index in [1.165, 1.54) is 0 Å². The van der Waals surface area contributed by atoms with Crippen molar-refractivity contribution < 1.29 is 14.1 Å². The van der Waals surface area contributed by atoms with Crippen LogP contribution in [0.5, 0.6) is 0 Å². The second-order valence-corrected chi connectivity index (χ2v) is 8.22. The lowest BCUT2D eigenvalue weighted by Gasteiger charge is -2.36. The molecule has 2 heterocycles. The molecule has 0 saturated carbocycles. The number of aromatic nitrogens is 2. The highest BCUT2D eigenvalue weighted by molar-refractivity contribution is 6.00. The molecule has 7 nitrogen and oxygen atoms in total. The molecule has 1 aromatic heterocycles. The van der Waals surface area contributed by atoms with Crippen LogP contribution in [-0.2, 0) is 0 Å². The largest absolute Gasteiger partial charge is 0.368 e. The Morgan fingerprint density at radius 2 is 1.50 bits per heavy atom. The number of nitrogens with zero attached hydrogens (tertiary/aromatic N) is 4. The number of ketones is 1. The van der Waals surface area contributed by atoms with E-state index in [9.17, 15) is 9.59 Å². The van der Waals surface area contributed by atoms with Gasteiger partial charge < -0.3 is 14.3 Å². The Hall–Kier alpha value is -4.26. The Bertz CT molecular complexity index is 1310. The third-order valence-electron chi connectivity index (χ3n) is 6.05. The minimum absolute atomic E-state index is 0.0535. The van der Waals surface area contributed by atoms with Crippen LogP contribution in [-0.4, -0.2) is 52.9 Å². The molecule has 1 aliphatic heterocycles. The van der Waals surface area contributed by atoms with Gasteiger partial charge in [-0.3, -0.25) is 9.59 Å². The van der Waals surface area contributed by atoms with Crippen LogP contribution in [0.2, 0.25) is 0 Å². The maximum atomic E-state index is 13.4. The molecule has 34 heavy (non-hydrogen) atoms. The van der Waals surface area contributed by atoms with E-state index in [1.807, 2.05) is 77.7 Å². The highest BCUT2D eigenvalue weighted by Crippen LogP contribution is 2.27. The monoisotopic (exact) mass is 452 g/mol. The number of hydrogen-bond donors (Lipinski definition) is 0. The standard InChI is InChI=1S/C27H24N4O3/c1-19(32)20-11-13-22(14-12-20)30-15-17-31(18-16-30)27(33)24-10-6-5-9-23(24)26-28-25(29-34-26)21-7-3-2-4-8-21/h2-14H,15-18H2,1H3. The van der Waals surface area contributed by atoms with E-state index in [1.54, 1.807) is 13.0 Å². The van der Waals surface area contributed by atoms with Gasteiger partial charge in [-0.1, -0.05) is 47.6 Å². The molecule has 4 aromatic rings. The minimum atomic E-state index is -0.0540. The van der Waals surface area contributed by atoms with Gasteiger partial charge in [-0.2, -0.15) is 4.98 Å². The summed E-state index contributed by atoms with van der Waals surface area (Å²) in [6.07, 6.45) is 0. The fraction of sp³-hybridized carbons (Fsp3) is 0.185. The van der Waals surface area contributed by atoms with Crippen molar-refractivity contribution in [3.63, 3.8) is 0 Å². The molecule has 0 radical (unpaired) electrons. The van der Waals surface area contributed by atoms with Crippen LogP contribution in [0.25, 0.3) is 22.8 Å². The van der Waals surface area contributed by atoms with E-state index in [0.29, 0.717) is 54.6 Å². The van der Waals surface area contributed by atoms with Gasteiger partial charge >= 0.3 is 0 Å². The summed E-state index contributed by atoms with van der Waals surface area (Å²) in [7, 11) is 0. The van der Waals surface area contributed by atoms with Crippen molar-refractivity contribution in [3.8, 4) is 22.8 Å². The zero-order valence-electron chi connectivity index (χ0n) is 18.8. The molecule has 0 spiro atoms. The van der Waals surface area contributed by atoms with Gasteiger partial charge in [0.1, 0.15) is 0 Å². The lowest BCUT2D eigenvalue weighted by molar-refractivity contribution is 0.0747. The highest BCUT2D eigenvalue weighted by atomic mass is 16.5. The first-order valence-electron chi connectivity index (χ1n) is 11.2. The first kappa shape index (κ1) is 21.6. The van der Waals surface area contributed by atoms with Crippen LogP contribution in [0, 0.1) is 0 Å². The van der Waals surface area contributed by atoms with Crippen molar-refractivity contribution in [2.24, 2.45) is 0 Å². The number of carbonyl (C=O) groups excluding carboxylic acids is 2. The van der Waals surface area contributed by atoms with Gasteiger partial charge in [0.15, 0.2) is 5.78 Å². The highest BCUT2D eigenvalue weighted by Gasteiger charge is 2.26. The molecule has 0 N–H and O–H groups in total. The fourth-order valence-electron chi connectivity index (χ4n) is 4.14. The molecule has 5 rings (SSSR count). The summed E-state index contributed by atoms with van der Waals surface area (Å²) in [5.41, 5.74) is 3.78.